The van der Waals surface area contributed by atoms with E-state index in [1.54, 1.807) is 8.46 Å². The summed E-state index contributed by atoms with van der Waals surface area (Å²) in [6, 6.07) is 0. The number of rotatable bonds is 0. The van der Waals surface area contributed by atoms with Gasteiger partial charge in [0.05, 0.1) is 0 Å². The third-order valence-corrected chi connectivity index (χ3v) is 0. The number of halogens is 2. The van der Waals surface area contributed by atoms with Crippen molar-refractivity contribution in [1.82, 2.24) is 0 Å². The Labute approximate surface area is 73.6 Å². The van der Waals surface area contributed by atoms with Crippen molar-refractivity contribution in [3.8, 4) is 0 Å². The quantitative estimate of drug-likeness (QED) is 0.331. The molecular weight excluding hydrogens is 526 g/mol. The van der Waals surface area contributed by atoms with E-state index in [-0.39, 0.29) is 26.2 Å². The van der Waals surface area contributed by atoms with Gasteiger partial charge in [0, 0.05) is 26.2 Å². The van der Waals surface area contributed by atoms with Gasteiger partial charge in [-0.1, -0.05) is 0 Å². The van der Waals surface area contributed by atoms with Crippen LogP contribution in [0.25, 0.3) is 0 Å². The molecule has 4 heteroatoms. The fraction of sp³-hybridized carbons (Fsp3) is 0. The van der Waals surface area contributed by atoms with Gasteiger partial charge in [0.1, 0.15) is 0 Å². The Balaban J connectivity index is 0. The van der Waals surface area contributed by atoms with Gasteiger partial charge in [0.25, 0.3) is 0 Å². The fourth-order valence-electron chi connectivity index (χ4n) is 0. The van der Waals surface area contributed by atoms with Crippen molar-refractivity contribution in [3.05, 3.63) is 0 Å². The number of hydrogen-bond donors (Lipinski definition) is 0. The van der Waals surface area contributed by atoms with Crippen molar-refractivity contribution < 1.29 is 8.46 Å². The third kappa shape index (κ3) is 8.85. The zero-order valence-corrected chi connectivity index (χ0v) is 10.2. The summed E-state index contributed by atoms with van der Waals surface area (Å²) in [5.74, 6) is 0. The molecule has 3 radical (unpaired) electrons. The number of hydrogen-bond acceptors (Lipinski definition) is 0. The molecule has 0 aliphatic carbocycles. The van der Waals surface area contributed by atoms with E-state index in [1.807, 2.05) is 0 Å². The molecule has 0 rings (SSSR count). The van der Waals surface area contributed by atoms with Crippen LogP contribution < -0.4 is 0 Å². The molecule has 0 aromatic carbocycles. The Hall–Kier alpha value is 2.86. The molecule has 0 aliphatic rings. The summed E-state index contributed by atoms with van der Waals surface area (Å²) in [4.78, 5) is 0. The minimum atomic E-state index is 0. The molecule has 0 N–H and O–H groups in total. The van der Waals surface area contributed by atoms with E-state index in [2.05, 4.69) is 40.7 Å². The summed E-state index contributed by atoms with van der Waals surface area (Å²) in [6.45, 7) is 0. The molecule has 0 aliphatic heterocycles. The van der Waals surface area contributed by atoms with Gasteiger partial charge in [-0.2, -0.15) is 0 Å². The molecule has 0 spiro atoms. The first-order chi connectivity index (χ1) is 1.41. The van der Waals surface area contributed by atoms with Crippen LogP contribution in [0.1, 0.15) is 0 Å². The van der Waals surface area contributed by atoms with Crippen LogP contribution >= 0.6 is 40.7 Å². The summed E-state index contributed by atoms with van der Waals surface area (Å²) in [5, 5.41) is 0. The summed E-state index contributed by atoms with van der Waals surface area (Å²) in [6.07, 6.45) is 0. The van der Waals surface area contributed by atoms with Gasteiger partial charge in [0.15, 0.2) is 0 Å². The zero-order valence-electron chi connectivity index (χ0n) is 1.50. The molecule has 0 unspecified atom stereocenters. The van der Waals surface area contributed by atoms with Crippen molar-refractivity contribution in [2.75, 3.05) is 0 Å². The maximum absolute atomic E-state index is 2.18. The molecule has 0 saturated carbocycles. The second-order valence-corrected chi connectivity index (χ2v) is 7.99. The molecular formula is BiCuI2. The molecule has 0 aromatic heterocycles. The van der Waals surface area contributed by atoms with Crippen LogP contribution in [0.3, 0.4) is 0 Å². The second kappa shape index (κ2) is 9.29. The van der Waals surface area contributed by atoms with Gasteiger partial charge in [-0.25, -0.2) is 0 Å². The average Bonchev–Trinajstić information content (AvgIpc) is 0.918. The van der Waals surface area contributed by atoms with Gasteiger partial charge in [-0.3, -0.25) is 0 Å². The molecule has 0 fully saturated rings. The van der Waals surface area contributed by atoms with Gasteiger partial charge < -0.3 is 0 Å². The van der Waals surface area contributed by atoms with Crippen LogP contribution in [-0.2, 0) is 8.46 Å². The van der Waals surface area contributed by atoms with E-state index in [4.69, 9.17) is 0 Å². The Morgan fingerprint density at radius 1 is 1.25 bits per heavy atom. The van der Waals surface area contributed by atoms with Gasteiger partial charge in [0.2, 0.25) is 0 Å². The van der Waals surface area contributed by atoms with Crippen LogP contribution in [0.5, 0.6) is 0 Å². The predicted molar refractivity (Wildman–Crippen MR) is 33.8 cm³/mol. The first kappa shape index (κ1) is 9.98. The molecule has 0 bridgehead atoms. The van der Waals surface area contributed by atoms with Gasteiger partial charge >= 0.3 is 49.1 Å². The molecule has 0 nitrogen and oxygen atoms in total. The first-order valence-electron chi connectivity index (χ1n) is 0.228. The third-order valence-electron chi connectivity index (χ3n) is 0. The molecule has 0 heterocycles. The standard InChI is InChI=1S/Bi.Cu.2HI/h;;2*1H/q;+2;;/p-2. The Morgan fingerprint density at radius 3 is 1.25 bits per heavy atom. The summed E-state index contributed by atoms with van der Waals surface area (Å²) < 4.78 is 0. The molecule has 0 atom stereocenters. The van der Waals surface area contributed by atoms with E-state index in [0.717, 1.165) is 0 Å². The Bertz CT molecular complexity index is 6.00. The van der Waals surface area contributed by atoms with E-state index in [9.17, 15) is 0 Å². The Morgan fingerprint density at radius 2 is 1.25 bits per heavy atom. The first-order valence-corrected chi connectivity index (χ1v) is 6.30. The van der Waals surface area contributed by atoms with E-state index in [0.29, 0.717) is 0 Å². The molecule has 0 aromatic rings. The van der Waals surface area contributed by atoms with E-state index in [1.165, 1.54) is 0 Å². The fourth-order valence-corrected chi connectivity index (χ4v) is 0. The van der Waals surface area contributed by atoms with Crippen LogP contribution in [0.2, 0.25) is 0 Å². The monoisotopic (exact) mass is 526 g/mol. The zero-order chi connectivity index (χ0) is 2.71. The van der Waals surface area contributed by atoms with Crippen LogP contribution in [0, 0.1) is 0 Å². The SMILES string of the molecule is [Bi].[I][Cu][I]. The van der Waals surface area contributed by atoms with Gasteiger partial charge in [-0.05, 0) is 0 Å². The minimum absolute atomic E-state index is 0. The van der Waals surface area contributed by atoms with Crippen LogP contribution in [0.15, 0.2) is 0 Å². The van der Waals surface area contributed by atoms with E-state index >= 15 is 0 Å². The summed E-state index contributed by atoms with van der Waals surface area (Å²) in [7, 11) is 1.75. The maximum atomic E-state index is 2.18. The van der Waals surface area contributed by atoms with Crippen molar-refractivity contribution in [2.24, 2.45) is 0 Å². The summed E-state index contributed by atoms with van der Waals surface area (Å²) >= 11 is 4.36. The van der Waals surface area contributed by atoms with Crippen molar-refractivity contribution >= 4 is 66.9 Å². The molecule has 4 heavy (non-hydrogen) atoms. The van der Waals surface area contributed by atoms with E-state index < -0.39 is 0 Å². The van der Waals surface area contributed by atoms with Crippen LogP contribution in [-0.4, -0.2) is 26.2 Å². The topological polar surface area (TPSA) is 0 Å². The second-order valence-electron chi connectivity index (χ2n) is 0.0431. The Kier molecular flexibility index (Phi) is 23.2. The van der Waals surface area contributed by atoms with Crippen molar-refractivity contribution in [1.29, 1.82) is 0 Å². The molecule has 0 saturated heterocycles. The van der Waals surface area contributed by atoms with Crippen molar-refractivity contribution in [2.45, 2.75) is 0 Å². The van der Waals surface area contributed by atoms with Crippen molar-refractivity contribution in [3.63, 3.8) is 0 Å². The normalized spacial score (nSPS) is 5.50. The molecule has 30 valence electrons. The molecule has 0 amide bonds. The van der Waals surface area contributed by atoms with Gasteiger partial charge in [-0.15, -0.1) is 0 Å². The average molecular weight is 526 g/mol. The summed E-state index contributed by atoms with van der Waals surface area (Å²) in [5.41, 5.74) is 0. The van der Waals surface area contributed by atoms with Crippen LogP contribution in [0.4, 0.5) is 0 Å². The predicted octanol–water partition coefficient (Wildman–Crippen LogP) is 1.39.